The molecule has 0 aliphatic heterocycles. The number of hydrogen-bond donors (Lipinski definition) is 1. The lowest BCUT2D eigenvalue weighted by atomic mass is 10.2. The molecule has 2 rings (SSSR count). The fourth-order valence-electron chi connectivity index (χ4n) is 1.62. The zero-order valence-electron chi connectivity index (χ0n) is 11.0. The molecule has 2 N–H and O–H groups in total. The molecule has 0 amide bonds. The van der Waals surface area contributed by atoms with E-state index in [0.717, 1.165) is 12.0 Å². The normalized spacial score (nSPS) is 10.2. The van der Waals surface area contributed by atoms with Crippen molar-refractivity contribution in [1.29, 1.82) is 0 Å². The molecule has 0 saturated heterocycles. The Morgan fingerprint density at radius 2 is 2.11 bits per heavy atom. The Morgan fingerprint density at radius 1 is 1.21 bits per heavy atom. The SMILES string of the molecule is CCCOc1cccnc1Oc1cccc(CN)c1. The first-order valence-corrected chi connectivity index (χ1v) is 6.38. The second-order valence-electron chi connectivity index (χ2n) is 4.11. The molecule has 0 radical (unpaired) electrons. The van der Waals surface area contributed by atoms with Gasteiger partial charge in [0.2, 0.25) is 0 Å². The maximum Gasteiger partial charge on any atom is 0.262 e. The van der Waals surface area contributed by atoms with Crippen molar-refractivity contribution >= 4 is 0 Å². The van der Waals surface area contributed by atoms with Crippen molar-refractivity contribution in [2.45, 2.75) is 19.9 Å². The third-order valence-corrected chi connectivity index (χ3v) is 2.55. The van der Waals surface area contributed by atoms with E-state index in [0.29, 0.717) is 30.5 Å². The second-order valence-corrected chi connectivity index (χ2v) is 4.11. The molecule has 100 valence electrons. The molecule has 0 unspecified atom stereocenters. The second kappa shape index (κ2) is 6.75. The van der Waals surface area contributed by atoms with E-state index in [9.17, 15) is 0 Å². The van der Waals surface area contributed by atoms with Gasteiger partial charge >= 0.3 is 0 Å². The number of ether oxygens (including phenoxy) is 2. The highest BCUT2D eigenvalue weighted by atomic mass is 16.5. The molecule has 0 atom stereocenters. The van der Waals surface area contributed by atoms with Crippen molar-refractivity contribution in [3.05, 3.63) is 48.2 Å². The molecule has 1 aromatic carbocycles. The fourth-order valence-corrected chi connectivity index (χ4v) is 1.62. The van der Waals surface area contributed by atoms with E-state index in [1.165, 1.54) is 0 Å². The van der Waals surface area contributed by atoms with Crippen molar-refractivity contribution in [1.82, 2.24) is 4.98 Å². The predicted octanol–water partition coefficient (Wildman–Crippen LogP) is 3.12. The summed E-state index contributed by atoms with van der Waals surface area (Å²) in [6.45, 7) is 3.19. The van der Waals surface area contributed by atoms with Gasteiger partial charge < -0.3 is 15.2 Å². The van der Waals surface area contributed by atoms with E-state index in [1.54, 1.807) is 6.20 Å². The van der Waals surface area contributed by atoms with Gasteiger partial charge in [-0.2, -0.15) is 0 Å². The number of pyridine rings is 1. The highest BCUT2D eigenvalue weighted by Crippen LogP contribution is 2.29. The largest absolute Gasteiger partial charge is 0.488 e. The summed E-state index contributed by atoms with van der Waals surface area (Å²) in [5.41, 5.74) is 6.63. The Morgan fingerprint density at radius 3 is 2.89 bits per heavy atom. The Kier molecular flexibility index (Phi) is 4.75. The van der Waals surface area contributed by atoms with Crippen LogP contribution in [0.2, 0.25) is 0 Å². The van der Waals surface area contributed by atoms with Gasteiger partial charge in [0.25, 0.3) is 5.88 Å². The maximum atomic E-state index is 5.76. The molecule has 1 aromatic heterocycles. The summed E-state index contributed by atoms with van der Waals surface area (Å²) < 4.78 is 11.4. The van der Waals surface area contributed by atoms with Crippen LogP contribution in [0.5, 0.6) is 17.4 Å². The zero-order valence-corrected chi connectivity index (χ0v) is 11.0. The van der Waals surface area contributed by atoms with Gasteiger partial charge in [-0.3, -0.25) is 0 Å². The van der Waals surface area contributed by atoms with Crippen LogP contribution in [0.25, 0.3) is 0 Å². The number of nitrogens with zero attached hydrogens (tertiary/aromatic N) is 1. The van der Waals surface area contributed by atoms with Gasteiger partial charge in [-0.05, 0) is 36.2 Å². The summed E-state index contributed by atoms with van der Waals surface area (Å²) in [6, 6.07) is 11.3. The Balaban J connectivity index is 2.17. The van der Waals surface area contributed by atoms with Gasteiger partial charge in [0.05, 0.1) is 6.61 Å². The minimum atomic E-state index is 0.477. The Bertz CT molecular complexity index is 529. The van der Waals surface area contributed by atoms with Crippen molar-refractivity contribution < 1.29 is 9.47 Å². The van der Waals surface area contributed by atoms with Crippen LogP contribution in [0, 0.1) is 0 Å². The topological polar surface area (TPSA) is 57.4 Å². The van der Waals surface area contributed by atoms with Crippen LogP contribution in [-0.2, 0) is 6.54 Å². The maximum absolute atomic E-state index is 5.76. The zero-order chi connectivity index (χ0) is 13.5. The van der Waals surface area contributed by atoms with Gasteiger partial charge in [0, 0.05) is 12.7 Å². The van der Waals surface area contributed by atoms with Gasteiger partial charge in [0.15, 0.2) is 5.75 Å². The Labute approximate surface area is 113 Å². The third-order valence-electron chi connectivity index (χ3n) is 2.55. The summed E-state index contributed by atoms with van der Waals surface area (Å²) in [5.74, 6) is 1.84. The molecule has 0 aliphatic carbocycles. The third kappa shape index (κ3) is 3.69. The fraction of sp³-hybridized carbons (Fsp3) is 0.267. The van der Waals surface area contributed by atoms with E-state index >= 15 is 0 Å². The van der Waals surface area contributed by atoms with Gasteiger partial charge in [-0.1, -0.05) is 19.1 Å². The van der Waals surface area contributed by atoms with Crippen LogP contribution < -0.4 is 15.2 Å². The monoisotopic (exact) mass is 258 g/mol. The lowest BCUT2D eigenvalue weighted by Crippen LogP contribution is -1.99. The van der Waals surface area contributed by atoms with Gasteiger partial charge in [-0.15, -0.1) is 0 Å². The molecule has 19 heavy (non-hydrogen) atoms. The molecule has 0 fully saturated rings. The molecule has 2 aromatic rings. The first-order chi connectivity index (χ1) is 9.33. The van der Waals surface area contributed by atoms with Crippen LogP contribution >= 0.6 is 0 Å². The van der Waals surface area contributed by atoms with Crippen LogP contribution in [0.15, 0.2) is 42.6 Å². The molecule has 4 heteroatoms. The smallest absolute Gasteiger partial charge is 0.262 e. The van der Waals surface area contributed by atoms with Gasteiger partial charge in [-0.25, -0.2) is 4.98 Å². The number of rotatable bonds is 6. The molecule has 0 spiro atoms. The van der Waals surface area contributed by atoms with Crippen LogP contribution in [0.4, 0.5) is 0 Å². The molecule has 1 heterocycles. The van der Waals surface area contributed by atoms with Gasteiger partial charge in [0.1, 0.15) is 5.75 Å². The lowest BCUT2D eigenvalue weighted by molar-refractivity contribution is 0.298. The molecule has 0 bridgehead atoms. The van der Waals surface area contributed by atoms with Crippen molar-refractivity contribution in [2.24, 2.45) is 5.73 Å². The first kappa shape index (κ1) is 13.4. The summed E-state index contributed by atoms with van der Waals surface area (Å²) in [7, 11) is 0. The standard InChI is InChI=1S/C15H18N2O2/c1-2-9-18-14-7-4-8-17-15(14)19-13-6-3-5-12(10-13)11-16/h3-8,10H,2,9,11,16H2,1H3. The van der Waals surface area contributed by atoms with Crippen molar-refractivity contribution in [2.75, 3.05) is 6.61 Å². The van der Waals surface area contributed by atoms with E-state index < -0.39 is 0 Å². The van der Waals surface area contributed by atoms with E-state index in [1.807, 2.05) is 36.4 Å². The summed E-state index contributed by atoms with van der Waals surface area (Å²) in [4.78, 5) is 4.20. The van der Waals surface area contributed by atoms with Crippen molar-refractivity contribution in [3.63, 3.8) is 0 Å². The van der Waals surface area contributed by atoms with Crippen LogP contribution in [-0.4, -0.2) is 11.6 Å². The summed E-state index contributed by atoms with van der Waals surface area (Å²) >= 11 is 0. The minimum Gasteiger partial charge on any atom is -0.488 e. The molecule has 4 nitrogen and oxygen atoms in total. The van der Waals surface area contributed by atoms with E-state index in [4.69, 9.17) is 15.2 Å². The minimum absolute atomic E-state index is 0.477. The van der Waals surface area contributed by atoms with Crippen LogP contribution in [0.1, 0.15) is 18.9 Å². The molecular weight excluding hydrogens is 240 g/mol. The summed E-state index contributed by atoms with van der Waals surface area (Å²) in [6.07, 6.45) is 2.62. The number of benzene rings is 1. The number of hydrogen-bond acceptors (Lipinski definition) is 4. The number of nitrogens with two attached hydrogens (primary N) is 1. The van der Waals surface area contributed by atoms with Crippen molar-refractivity contribution in [3.8, 4) is 17.4 Å². The number of aromatic nitrogens is 1. The van der Waals surface area contributed by atoms with E-state index in [2.05, 4.69) is 11.9 Å². The lowest BCUT2D eigenvalue weighted by Gasteiger charge is -2.11. The van der Waals surface area contributed by atoms with Crippen LogP contribution in [0.3, 0.4) is 0 Å². The molecule has 0 aliphatic rings. The first-order valence-electron chi connectivity index (χ1n) is 6.38. The van der Waals surface area contributed by atoms with E-state index in [-0.39, 0.29) is 0 Å². The molecular formula is C15H18N2O2. The average Bonchev–Trinajstić information content (AvgIpc) is 2.46. The highest BCUT2D eigenvalue weighted by Gasteiger charge is 2.07. The molecule has 0 saturated carbocycles. The Hall–Kier alpha value is -2.07. The highest BCUT2D eigenvalue weighted by molar-refractivity contribution is 5.38. The summed E-state index contributed by atoms with van der Waals surface area (Å²) in [5, 5.41) is 0. The average molecular weight is 258 g/mol. The quantitative estimate of drug-likeness (QED) is 0.864. The predicted molar refractivity (Wildman–Crippen MR) is 74.4 cm³/mol.